The normalized spacial score (nSPS) is 12.3. The summed E-state index contributed by atoms with van der Waals surface area (Å²) in [5, 5.41) is 2.91. The summed E-state index contributed by atoms with van der Waals surface area (Å²) in [6, 6.07) is 8.85. The van der Waals surface area contributed by atoms with Crippen molar-refractivity contribution in [3.05, 3.63) is 63.4 Å². The number of aryl methyl sites for hydroxylation is 2. The molecular weight excluding hydrogens is 463 g/mol. The molecule has 2 aromatic rings. The fraction of sp³-hybridized carbons (Fsp3) is 0.417. The lowest BCUT2D eigenvalue weighted by Gasteiger charge is -2.31. The first-order valence-electron chi connectivity index (χ1n) is 10.1. The maximum Gasteiger partial charge on any atom is 0.261 e. The Hall–Kier alpha value is -2.41. The smallest absolute Gasteiger partial charge is 0.261 e. The van der Waals surface area contributed by atoms with Crippen molar-refractivity contribution in [3.8, 4) is 5.75 Å². The van der Waals surface area contributed by atoms with Gasteiger partial charge >= 0.3 is 0 Å². The van der Waals surface area contributed by atoms with E-state index in [2.05, 4.69) is 21.2 Å². The first-order chi connectivity index (χ1) is 14.4. The molecule has 0 unspecified atom stereocenters. The summed E-state index contributed by atoms with van der Waals surface area (Å²) in [5.74, 6) is -0.373. The predicted octanol–water partition coefficient (Wildman–Crippen LogP) is 4.92. The van der Waals surface area contributed by atoms with Gasteiger partial charge < -0.3 is 15.0 Å². The highest BCUT2D eigenvalue weighted by Crippen LogP contribution is 2.26. The minimum atomic E-state index is -0.728. The van der Waals surface area contributed by atoms with Gasteiger partial charge in [-0.2, -0.15) is 0 Å². The topological polar surface area (TPSA) is 58.6 Å². The number of benzene rings is 2. The van der Waals surface area contributed by atoms with Crippen molar-refractivity contribution in [2.45, 2.75) is 59.7 Å². The Morgan fingerprint density at radius 2 is 1.68 bits per heavy atom. The second-order valence-electron chi connectivity index (χ2n) is 8.72. The Bertz CT molecular complexity index is 916. The molecule has 0 spiro atoms. The molecule has 0 aliphatic rings. The zero-order valence-electron chi connectivity index (χ0n) is 18.9. The van der Waals surface area contributed by atoms with E-state index in [9.17, 15) is 14.0 Å². The lowest BCUT2D eigenvalue weighted by molar-refractivity contribution is -0.142. The number of ether oxygens (including phenoxy) is 1. The van der Waals surface area contributed by atoms with Crippen LogP contribution in [0.1, 0.15) is 44.4 Å². The largest absolute Gasteiger partial charge is 0.484 e. The molecule has 5 nitrogen and oxygen atoms in total. The third-order valence-electron chi connectivity index (χ3n) is 4.70. The van der Waals surface area contributed by atoms with Crippen molar-refractivity contribution < 1.29 is 18.7 Å². The van der Waals surface area contributed by atoms with Crippen molar-refractivity contribution in [2.24, 2.45) is 0 Å². The summed E-state index contributed by atoms with van der Waals surface area (Å²) in [7, 11) is 0. The molecule has 0 bridgehead atoms. The van der Waals surface area contributed by atoms with E-state index >= 15 is 0 Å². The third kappa shape index (κ3) is 7.35. The van der Waals surface area contributed by atoms with E-state index in [1.165, 1.54) is 17.0 Å². The standard InChI is InChI=1S/C24H30BrFN2O3/c1-15-11-20(12-16(2)22(15)25)31-14-21(29)28(13-18-7-9-19(26)10-8-18)17(3)23(30)27-24(4,5)6/h7-12,17H,13-14H2,1-6H3,(H,27,30)/t17-/m1/s1. The monoisotopic (exact) mass is 492 g/mol. The average molecular weight is 493 g/mol. The second-order valence-corrected chi connectivity index (χ2v) is 9.52. The Labute approximate surface area is 192 Å². The molecule has 0 aliphatic carbocycles. The molecule has 0 saturated carbocycles. The number of nitrogens with zero attached hydrogens (tertiary/aromatic N) is 1. The van der Waals surface area contributed by atoms with Crippen molar-refractivity contribution in [1.82, 2.24) is 10.2 Å². The van der Waals surface area contributed by atoms with Crippen molar-refractivity contribution >= 4 is 27.7 Å². The zero-order valence-corrected chi connectivity index (χ0v) is 20.5. The van der Waals surface area contributed by atoms with Gasteiger partial charge in [0.1, 0.15) is 17.6 Å². The van der Waals surface area contributed by atoms with Crippen LogP contribution in [-0.2, 0) is 16.1 Å². The number of halogens is 2. The minimum absolute atomic E-state index is 0.166. The lowest BCUT2D eigenvalue weighted by atomic mass is 10.1. The number of amides is 2. The summed E-state index contributed by atoms with van der Waals surface area (Å²) in [6.07, 6.45) is 0. The van der Waals surface area contributed by atoms with Crippen molar-refractivity contribution in [2.75, 3.05) is 6.61 Å². The van der Waals surface area contributed by atoms with Crippen molar-refractivity contribution in [1.29, 1.82) is 0 Å². The molecule has 0 radical (unpaired) electrons. The van der Waals surface area contributed by atoms with E-state index in [1.807, 2.05) is 46.8 Å². The predicted molar refractivity (Wildman–Crippen MR) is 123 cm³/mol. The number of hydrogen-bond donors (Lipinski definition) is 1. The lowest BCUT2D eigenvalue weighted by Crippen LogP contribution is -2.53. The fourth-order valence-electron chi connectivity index (χ4n) is 3.06. The summed E-state index contributed by atoms with van der Waals surface area (Å²) >= 11 is 3.52. The summed E-state index contributed by atoms with van der Waals surface area (Å²) in [4.78, 5) is 27.3. The van der Waals surface area contributed by atoms with Gasteiger partial charge in [0, 0.05) is 16.6 Å². The second kappa shape index (κ2) is 10.3. The van der Waals surface area contributed by atoms with E-state index in [4.69, 9.17) is 4.74 Å². The van der Waals surface area contributed by atoms with Crippen LogP contribution in [0.3, 0.4) is 0 Å². The highest BCUT2D eigenvalue weighted by molar-refractivity contribution is 9.10. The van der Waals surface area contributed by atoms with Gasteiger partial charge in [-0.3, -0.25) is 9.59 Å². The molecule has 1 atom stereocenters. The molecule has 2 amide bonds. The Morgan fingerprint density at radius 3 is 2.19 bits per heavy atom. The van der Waals surface area contributed by atoms with Crippen LogP contribution in [0.2, 0.25) is 0 Å². The van der Waals surface area contributed by atoms with Crippen LogP contribution < -0.4 is 10.1 Å². The van der Waals surface area contributed by atoms with Crippen molar-refractivity contribution in [3.63, 3.8) is 0 Å². The number of hydrogen-bond acceptors (Lipinski definition) is 3. The van der Waals surface area contributed by atoms with Crippen LogP contribution in [0.25, 0.3) is 0 Å². The van der Waals surface area contributed by atoms with Crippen LogP contribution in [0.15, 0.2) is 40.9 Å². The van der Waals surface area contributed by atoms with Crippen LogP contribution in [-0.4, -0.2) is 34.9 Å². The Kier molecular flexibility index (Phi) is 8.23. The summed E-state index contributed by atoms with van der Waals surface area (Å²) in [5.41, 5.74) is 2.30. The molecule has 0 heterocycles. The molecule has 2 rings (SSSR count). The first kappa shape index (κ1) is 24.9. The fourth-order valence-corrected chi connectivity index (χ4v) is 3.29. The minimum Gasteiger partial charge on any atom is -0.484 e. The number of nitrogens with one attached hydrogen (secondary N) is 1. The van der Waals surface area contributed by atoms with Gasteiger partial charge in [-0.25, -0.2) is 4.39 Å². The number of rotatable bonds is 7. The molecule has 31 heavy (non-hydrogen) atoms. The molecule has 7 heteroatoms. The molecule has 2 aromatic carbocycles. The summed E-state index contributed by atoms with van der Waals surface area (Å²) < 4.78 is 20.0. The summed E-state index contributed by atoms with van der Waals surface area (Å²) in [6.45, 7) is 11.2. The van der Waals surface area contributed by atoms with Gasteiger partial charge in [-0.05, 0) is 82.5 Å². The van der Waals surface area contributed by atoms with Gasteiger partial charge in [-0.15, -0.1) is 0 Å². The van der Waals surface area contributed by atoms with Crippen LogP contribution in [0.4, 0.5) is 4.39 Å². The maximum absolute atomic E-state index is 13.3. The highest BCUT2D eigenvalue weighted by Gasteiger charge is 2.28. The van der Waals surface area contributed by atoms with E-state index < -0.39 is 11.6 Å². The van der Waals surface area contributed by atoms with Gasteiger partial charge in [-0.1, -0.05) is 28.1 Å². The van der Waals surface area contributed by atoms with Gasteiger partial charge in [0.25, 0.3) is 5.91 Å². The highest BCUT2D eigenvalue weighted by atomic mass is 79.9. The van der Waals surface area contributed by atoms with E-state index in [0.717, 1.165) is 21.2 Å². The van der Waals surface area contributed by atoms with Crippen LogP contribution in [0.5, 0.6) is 5.75 Å². The molecule has 0 aliphatic heterocycles. The number of carbonyl (C=O) groups is 2. The van der Waals surface area contributed by atoms with E-state index in [0.29, 0.717) is 5.75 Å². The average Bonchev–Trinajstić information content (AvgIpc) is 2.67. The van der Waals surface area contributed by atoms with E-state index in [1.54, 1.807) is 19.1 Å². The quantitative estimate of drug-likeness (QED) is 0.596. The molecule has 0 saturated heterocycles. The van der Waals surface area contributed by atoms with Gasteiger partial charge in [0.15, 0.2) is 6.61 Å². The zero-order chi connectivity index (χ0) is 23.3. The molecule has 0 aromatic heterocycles. The van der Waals surface area contributed by atoms with E-state index in [-0.39, 0.29) is 30.8 Å². The molecule has 1 N–H and O–H groups in total. The molecule has 0 fully saturated rings. The van der Waals surface area contributed by atoms with Gasteiger partial charge in [0.2, 0.25) is 5.91 Å². The van der Waals surface area contributed by atoms with Crippen LogP contribution in [0, 0.1) is 19.7 Å². The Morgan fingerprint density at radius 1 is 1.13 bits per heavy atom. The van der Waals surface area contributed by atoms with Gasteiger partial charge in [0.05, 0.1) is 0 Å². The molecular formula is C24H30BrFN2O3. The first-order valence-corrected chi connectivity index (χ1v) is 10.9. The SMILES string of the molecule is Cc1cc(OCC(=O)N(Cc2ccc(F)cc2)[C@H](C)C(=O)NC(C)(C)C)cc(C)c1Br. The molecule has 168 valence electrons. The number of carbonyl (C=O) groups excluding carboxylic acids is 2. The maximum atomic E-state index is 13.3. The third-order valence-corrected chi connectivity index (χ3v) is 5.95. The van der Waals surface area contributed by atoms with Crippen LogP contribution >= 0.6 is 15.9 Å². The Balaban J connectivity index is 2.20.